The molecule has 0 amide bonds. The number of rotatable bonds is 3. The monoisotopic (exact) mass is 235 g/mol. The first-order valence-corrected chi connectivity index (χ1v) is 6.35. The fourth-order valence-corrected chi connectivity index (χ4v) is 2.02. The second-order valence-corrected chi connectivity index (χ2v) is 4.41. The predicted octanol–water partition coefficient (Wildman–Crippen LogP) is 1.72. The van der Waals surface area contributed by atoms with Gasteiger partial charge in [0, 0.05) is 25.7 Å². The Bertz CT molecular complexity index is 331. The molecule has 0 unspecified atom stereocenters. The molecule has 0 saturated carbocycles. The van der Waals surface area contributed by atoms with E-state index in [0.29, 0.717) is 0 Å². The Labute approximate surface area is 103 Å². The van der Waals surface area contributed by atoms with Crippen molar-refractivity contribution in [2.45, 2.75) is 25.8 Å². The first-order chi connectivity index (χ1) is 8.31. The zero-order valence-electron chi connectivity index (χ0n) is 10.4. The maximum Gasteiger partial charge on any atom is 0.0641 e. The molecule has 2 heterocycles. The van der Waals surface area contributed by atoms with Crippen molar-refractivity contribution in [1.29, 1.82) is 0 Å². The number of ether oxygens (including phenoxy) is 1. The van der Waals surface area contributed by atoms with Crippen molar-refractivity contribution in [2.75, 3.05) is 31.2 Å². The average molecular weight is 235 g/mol. The summed E-state index contributed by atoms with van der Waals surface area (Å²) < 4.78 is 5.44. The summed E-state index contributed by atoms with van der Waals surface area (Å²) in [7, 11) is 0. The Kier molecular flexibility index (Phi) is 4.34. The highest BCUT2D eigenvalue weighted by molar-refractivity contribution is 5.44. The molecule has 1 aliphatic rings. The normalized spacial score (nSPS) is 18.8. The summed E-state index contributed by atoms with van der Waals surface area (Å²) in [5, 5.41) is 0. The Balaban J connectivity index is 2.05. The first-order valence-electron chi connectivity index (χ1n) is 6.35. The van der Waals surface area contributed by atoms with Crippen molar-refractivity contribution < 1.29 is 4.74 Å². The maximum atomic E-state index is 5.95. The van der Waals surface area contributed by atoms with Crippen LogP contribution in [0.15, 0.2) is 18.3 Å². The zero-order chi connectivity index (χ0) is 12.1. The second kappa shape index (κ2) is 5.98. The zero-order valence-corrected chi connectivity index (χ0v) is 10.4. The van der Waals surface area contributed by atoms with Gasteiger partial charge in [0.2, 0.25) is 0 Å². The largest absolute Gasteiger partial charge is 0.380 e. The Morgan fingerprint density at radius 1 is 1.41 bits per heavy atom. The molecule has 1 saturated heterocycles. The topological polar surface area (TPSA) is 51.4 Å². The predicted molar refractivity (Wildman–Crippen MR) is 69.1 cm³/mol. The molecule has 0 aliphatic carbocycles. The molecular formula is C13H21N3O. The van der Waals surface area contributed by atoms with Gasteiger partial charge < -0.3 is 15.4 Å². The van der Waals surface area contributed by atoms with Gasteiger partial charge in [0.05, 0.1) is 24.2 Å². The quantitative estimate of drug-likeness (QED) is 0.866. The maximum absolute atomic E-state index is 5.95. The summed E-state index contributed by atoms with van der Waals surface area (Å²) >= 11 is 0. The van der Waals surface area contributed by atoms with E-state index < -0.39 is 0 Å². The number of pyridine rings is 1. The van der Waals surface area contributed by atoms with E-state index in [2.05, 4.69) is 22.9 Å². The third-order valence-corrected chi connectivity index (χ3v) is 3.18. The molecule has 4 heteroatoms. The van der Waals surface area contributed by atoms with E-state index in [9.17, 15) is 0 Å². The number of nitrogens with two attached hydrogens (primary N) is 1. The van der Waals surface area contributed by atoms with Crippen molar-refractivity contribution in [2.24, 2.45) is 5.73 Å². The number of hydrogen-bond donors (Lipinski definition) is 1. The van der Waals surface area contributed by atoms with Crippen molar-refractivity contribution in [3.63, 3.8) is 0 Å². The van der Waals surface area contributed by atoms with Crippen LogP contribution in [0.1, 0.15) is 31.5 Å². The number of hydrogen-bond acceptors (Lipinski definition) is 4. The molecule has 1 aromatic heterocycles. The van der Waals surface area contributed by atoms with E-state index in [1.807, 2.05) is 12.3 Å². The van der Waals surface area contributed by atoms with E-state index >= 15 is 0 Å². The average Bonchev–Trinajstić information content (AvgIpc) is 2.67. The summed E-state index contributed by atoms with van der Waals surface area (Å²) in [6.45, 7) is 5.73. The van der Waals surface area contributed by atoms with Crippen LogP contribution < -0.4 is 10.6 Å². The van der Waals surface area contributed by atoms with E-state index in [1.165, 1.54) is 5.69 Å². The second-order valence-electron chi connectivity index (χ2n) is 4.41. The number of aromatic nitrogens is 1. The van der Waals surface area contributed by atoms with Gasteiger partial charge in [-0.1, -0.05) is 6.92 Å². The molecule has 1 aliphatic heterocycles. The van der Waals surface area contributed by atoms with Crippen LogP contribution >= 0.6 is 0 Å². The fourth-order valence-electron chi connectivity index (χ4n) is 2.02. The minimum atomic E-state index is 0.0523. The minimum Gasteiger partial charge on any atom is -0.380 e. The number of anilines is 1. The molecule has 0 spiro atoms. The summed E-state index contributed by atoms with van der Waals surface area (Å²) in [4.78, 5) is 6.77. The van der Waals surface area contributed by atoms with Gasteiger partial charge in [-0.05, 0) is 25.0 Å². The van der Waals surface area contributed by atoms with Crippen LogP contribution in [0, 0.1) is 0 Å². The molecule has 0 bridgehead atoms. The van der Waals surface area contributed by atoms with Gasteiger partial charge >= 0.3 is 0 Å². The van der Waals surface area contributed by atoms with Crippen LogP contribution in [-0.2, 0) is 4.74 Å². The smallest absolute Gasteiger partial charge is 0.0641 e. The Morgan fingerprint density at radius 2 is 2.29 bits per heavy atom. The lowest BCUT2D eigenvalue weighted by molar-refractivity contribution is 0.152. The summed E-state index contributed by atoms with van der Waals surface area (Å²) in [5.74, 6) is 0. The fraction of sp³-hybridized carbons (Fsp3) is 0.615. The van der Waals surface area contributed by atoms with Gasteiger partial charge in [-0.15, -0.1) is 0 Å². The minimum absolute atomic E-state index is 0.0523. The Morgan fingerprint density at radius 3 is 3.00 bits per heavy atom. The Hall–Kier alpha value is -1.13. The van der Waals surface area contributed by atoms with Crippen LogP contribution in [0.2, 0.25) is 0 Å². The molecule has 1 atom stereocenters. The van der Waals surface area contributed by atoms with Crippen LogP contribution in [0.5, 0.6) is 0 Å². The van der Waals surface area contributed by atoms with Crippen molar-refractivity contribution in [3.8, 4) is 0 Å². The molecule has 1 fully saturated rings. The molecule has 0 radical (unpaired) electrons. The summed E-state index contributed by atoms with van der Waals surface area (Å²) in [6, 6.07) is 4.20. The number of nitrogens with zero attached hydrogens (tertiary/aromatic N) is 2. The lowest BCUT2D eigenvalue weighted by Gasteiger charge is -2.22. The molecule has 1 aromatic rings. The van der Waals surface area contributed by atoms with Gasteiger partial charge in [0.1, 0.15) is 0 Å². The molecule has 17 heavy (non-hydrogen) atoms. The standard InChI is InChI=1S/C13H21N3O/c1-2-12(14)13-5-4-11(10-15-13)16-6-3-8-17-9-7-16/h4-5,10,12H,2-3,6-9,14H2,1H3/t12-/m1/s1. The first kappa shape index (κ1) is 12.3. The van der Waals surface area contributed by atoms with Crippen molar-refractivity contribution in [3.05, 3.63) is 24.0 Å². The lowest BCUT2D eigenvalue weighted by atomic mass is 10.1. The van der Waals surface area contributed by atoms with Crippen molar-refractivity contribution >= 4 is 5.69 Å². The van der Waals surface area contributed by atoms with E-state index in [-0.39, 0.29) is 6.04 Å². The summed E-state index contributed by atoms with van der Waals surface area (Å²) in [6.07, 6.45) is 3.93. The molecule has 2 N–H and O–H groups in total. The molecule has 4 nitrogen and oxygen atoms in total. The van der Waals surface area contributed by atoms with Crippen LogP contribution in [0.25, 0.3) is 0 Å². The lowest BCUT2D eigenvalue weighted by Crippen LogP contribution is -2.26. The molecule has 2 rings (SSSR count). The highest BCUT2D eigenvalue weighted by Crippen LogP contribution is 2.18. The van der Waals surface area contributed by atoms with Crippen LogP contribution in [-0.4, -0.2) is 31.3 Å². The molecular weight excluding hydrogens is 214 g/mol. The van der Waals surface area contributed by atoms with Gasteiger partial charge in [0.25, 0.3) is 0 Å². The van der Waals surface area contributed by atoms with E-state index in [4.69, 9.17) is 10.5 Å². The van der Waals surface area contributed by atoms with E-state index in [0.717, 1.165) is 44.8 Å². The SMILES string of the molecule is CC[C@@H](N)c1ccc(N2CCCOCC2)cn1. The van der Waals surface area contributed by atoms with Gasteiger partial charge in [0.15, 0.2) is 0 Å². The highest BCUT2D eigenvalue weighted by Gasteiger charge is 2.11. The van der Waals surface area contributed by atoms with Gasteiger partial charge in [-0.2, -0.15) is 0 Å². The van der Waals surface area contributed by atoms with Gasteiger partial charge in [-0.3, -0.25) is 4.98 Å². The molecule has 94 valence electrons. The van der Waals surface area contributed by atoms with Gasteiger partial charge in [-0.25, -0.2) is 0 Å². The third-order valence-electron chi connectivity index (χ3n) is 3.18. The van der Waals surface area contributed by atoms with Crippen molar-refractivity contribution in [1.82, 2.24) is 4.98 Å². The van der Waals surface area contributed by atoms with E-state index in [1.54, 1.807) is 0 Å². The van der Waals surface area contributed by atoms with Crippen LogP contribution in [0.3, 0.4) is 0 Å². The van der Waals surface area contributed by atoms with Crippen LogP contribution in [0.4, 0.5) is 5.69 Å². The third kappa shape index (κ3) is 3.17. The molecule has 0 aromatic carbocycles. The highest BCUT2D eigenvalue weighted by atomic mass is 16.5. The summed E-state index contributed by atoms with van der Waals surface area (Å²) in [5.41, 5.74) is 8.10.